The van der Waals surface area contributed by atoms with Gasteiger partial charge in [-0.3, -0.25) is 4.98 Å². The van der Waals surface area contributed by atoms with E-state index in [1.165, 1.54) is 19.4 Å². The first-order valence-corrected chi connectivity index (χ1v) is 10.0. The molecule has 1 unspecified atom stereocenters. The standard InChI is InChI=1S/C25H26N4O3/c1-27-23-10-9-20(13-21(23)14-26)18-5-7-19(8-6-18)25(31)29(2)22-12-17(15-28-16-22)4-11-24(30)32-3/h4-16,25-27,31H,1-3H3/b11-4+,26-14?. The molecule has 1 atom stereocenters. The first kappa shape index (κ1) is 22.7. The molecule has 0 bridgehead atoms. The average molecular weight is 431 g/mol. The molecule has 7 heteroatoms. The Morgan fingerprint density at radius 1 is 1.16 bits per heavy atom. The predicted molar refractivity (Wildman–Crippen MR) is 128 cm³/mol. The number of ether oxygens (including phenoxy) is 1. The van der Waals surface area contributed by atoms with Crippen molar-refractivity contribution in [3.63, 3.8) is 0 Å². The Morgan fingerprint density at radius 2 is 1.88 bits per heavy atom. The molecular formula is C25H26N4O3. The van der Waals surface area contributed by atoms with Crippen molar-refractivity contribution >= 4 is 29.6 Å². The summed E-state index contributed by atoms with van der Waals surface area (Å²) in [5.74, 6) is -0.447. The minimum Gasteiger partial charge on any atom is -0.466 e. The van der Waals surface area contributed by atoms with Crippen molar-refractivity contribution in [3.05, 3.63) is 83.7 Å². The van der Waals surface area contributed by atoms with E-state index >= 15 is 0 Å². The van der Waals surface area contributed by atoms with Gasteiger partial charge in [-0.1, -0.05) is 30.3 Å². The highest BCUT2D eigenvalue weighted by molar-refractivity contribution is 5.88. The Balaban J connectivity index is 1.78. The Kier molecular flexibility index (Phi) is 7.36. The van der Waals surface area contributed by atoms with Gasteiger partial charge in [0.25, 0.3) is 0 Å². The van der Waals surface area contributed by atoms with Crippen LogP contribution < -0.4 is 10.2 Å². The van der Waals surface area contributed by atoms with Gasteiger partial charge in [-0.25, -0.2) is 4.79 Å². The summed E-state index contributed by atoms with van der Waals surface area (Å²) in [6.45, 7) is 0. The van der Waals surface area contributed by atoms with Crippen LogP contribution >= 0.6 is 0 Å². The maximum absolute atomic E-state index is 11.3. The summed E-state index contributed by atoms with van der Waals surface area (Å²) in [7, 11) is 4.92. The van der Waals surface area contributed by atoms with E-state index in [9.17, 15) is 9.90 Å². The second-order valence-corrected chi connectivity index (χ2v) is 7.14. The minimum absolute atomic E-state index is 0.447. The average Bonchev–Trinajstić information content (AvgIpc) is 2.86. The van der Waals surface area contributed by atoms with Gasteiger partial charge in [-0.05, 0) is 41.0 Å². The van der Waals surface area contributed by atoms with Crippen molar-refractivity contribution in [2.45, 2.75) is 6.23 Å². The van der Waals surface area contributed by atoms with E-state index in [2.05, 4.69) is 15.0 Å². The molecule has 0 saturated carbocycles. The van der Waals surface area contributed by atoms with Crippen LogP contribution in [0.1, 0.15) is 22.9 Å². The van der Waals surface area contributed by atoms with Crippen LogP contribution in [0.5, 0.6) is 0 Å². The number of aromatic nitrogens is 1. The summed E-state index contributed by atoms with van der Waals surface area (Å²) in [6, 6.07) is 15.4. The van der Waals surface area contributed by atoms with E-state index in [0.717, 1.165) is 27.9 Å². The third kappa shape index (κ3) is 5.19. The zero-order valence-corrected chi connectivity index (χ0v) is 18.2. The van der Waals surface area contributed by atoms with Crippen molar-refractivity contribution in [1.82, 2.24) is 4.98 Å². The third-order valence-electron chi connectivity index (χ3n) is 5.15. The number of esters is 1. The number of nitrogens with zero attached hydrogens (tertiary/aromatic N) is 2. The number of carbonyl (C=O) groups excluding carboxylic acids is 1. The molecule has 32 heavy (non-hydrogen) atoms. The molecular weight excluding hydrogens is 404 g/mol. The highest BCUT2D eigenvalue weighted by Gasteiger charge is 2.15. The van der Waals surface area contributed by atoms with Crippen LogP contribution in [0.3, 0.4) is 0 Å². The lowest BCUT2D eigenvalue weighted by molar-refractivity contribution is -0.134. The molecule has 0 saturated heterocycles. The normalized spacial score (nSPS) is 11.8. The molecule has 2 aromatic carbocycles. The molecule has 3 N–H and O–H groups in total. The Labute approximate surface area is 187 Å². The van der Waals surface area contributed by atoms with Crippen molar-refractivity contribution in [3.8, 4) is 11.1 Å². The number of anilines is 2. The Hall–Kier alpha value is -3.97. The number of carbonyl (C=O) groups is 1. The monoisotopic (exact) mass is 430 g/mol. The molecule has 3 aromatic rings. The highest BCUT2D eigenvalue weighted by Crippen LogP contribution is 2.28. The summed E-state index contributed by atoms with van der Waals surface area (Å²) in [6.07, 6.45) is 6.65. The van der Waals surface area contributed by atoms with Crippen LogP contribution in [0.4, 0.5) is 11.4 Å². The summed E-state index contributed by atoms with van der Waals surface area (Å²) in [5.41, 5.74) is 5.83. The number of benzene rings is 2. The molecule has 1 aromatic heterocycles. The lowest BCUT2D eigenvalue weighted by atomic mass is 10.0. The van der Waals surface area contributed by atoms with Crippen LogP contribution in [0.2, 0.25) is 0 Å². The van der Waals surface area contributed by atoms with Crippen molar-refractivity contribution < 1.29 is 14.6 Å². The highest BCUT2D eigenvalue weighted by atomic mass is 16.5. The molecule has 164 valence electrons. The topological polar surface area (TPSA) is 98.5 Å². The molecule has 0 aliphatic rings. The number of aliphatic hydroxyl groups is 1. The summed E-state index contributed by atoms with van der Waals surface area (Å²) < 4.78 is 4.60. The van der Waals surface area contributed by atoms with E-state index in [-0.39, 0.29) is 0 Å². The number of rotatable bonds is 8. The number of hydrogen-bond donors (Lipinski definition) is 3. The van der Waals surface area contributed by atoms with Crippen LogP contribution in [0, 0.1) is 5.41 Å². The van der Waals surface area contributed by atoms with Crippen LogP contribution in [-0.2, 0) is 9.53 Å². The van der Waals surface area contributed by atoms with Gasteiger partial charge in [0.1, 0.15) is 0 Å². The van der Waals surface area contributed by atoms with Gasteiger partial charge in [0.05, 0.1) is 19.0 Å². The molecule has 0 aliphatic carbocycles. The van der Waals surface area contributed by atoms with Crippen molar-refractivity contribution in [2.75, 3.05) is 31.4 Å². The number of hydrogen-bond acceptors (Lipinski definition) is 7. The first-order valence-electron chi connectivity index (χ1n) is 10.0. The molecule has 0 spiro atoms. The number of pyridine rings is 1. The van der Waals surface area contributed by atoms with Crippen molar-refractivity contribution in [2.24, 2.45) is 0 Å². The van der Waals surface area contributed by atoms with Gasteiger partial charge in [-0.15, -0.1) is 0 Å². The summed E-state index contributed by atoms with van der Waals surface area (Å²) in [4.78, 5) is 17.2. The second kappa shape index (κ2) is 10.4. The molecule has 0 amide bonds. The second-order valence-electron chi connectivity index (χ2n) is 7.14. The zero-order valence-electron chi connectivity index (χ0n) is 18.2. The van der Waals surface area contributed by atoms with Gasteiger partial charge in [0.2, 0.25) is 0 Å². The quantitative estimate of drug-likeness (QED) is 0.215. The first-order chi connectivity index (χ1) is 15.5. The molecule has 1 heterocycles. The fraction of sp³-hybridized carbons (Fsp3) is 0.160. The van der Waals surface area contributed by atoms with E-state index in [4.69, 9.17) is 5.41 Å². The largest absolute Gasteiger partial charge is 0.466 e. The zero-order chi connectivity index (χ0) is 23.1. The van der Waals surface area contributed by atoms with Gasteiger partial charge in [0, 0.05) is 49.4 Å². The Bertz CT molecular complexity index is 1130. The van der Waals surface area contributed by atoms with Crippen LogP contribution in [0.25, 0.3) is 17.2 Å². The third-order valence-corrected chi connectivity index (χ3v) is 5.15. The van der Waals surface area contributed by atoms with Gasteiger partial charge >= 0.3 is 5.97 Å². The minimum atomic E-state index is -0.880. The van der Waals surface area contributed by atoms with Crippen molar-refractivity contribution in [1.29, 1.82) is 5.41 Å². The molecule has 0 radical (unpaired) electrons. The summed E-state index contributed by atoms with van der Waals surface area (Å²) >= 11 is 0. The predicted octanol–water partition coefficient (Wildman–Crippen LogP) is 4.10. The summed E-state index contributed by atoms with van der Waals surface area (Å²) in [5, 5.41) is 21.5. The SMILES string of the molecule is CNc1ccc(-c2ccc(C(O)N(C)c3cncc(/C=C/C(=O)OC)c3)cc2)cc1C=N. The van der Waals surface area contributed by atoms with Crippen LogP contribution in [0.15, 0.2) is 67.0 Å². The Morgan fingerprint density at radius 3 is 2.53 bits per heavy atom. The lowest BCUT2D eigenvalue weighted by Gasteiger charge is -2.26. The van der Waals surface area contributed by atoms with Gasteiger partial charge in [-0.2, -0.15) is 0 Å². The molecule has 7 nitrogen and oxygen atoms in total. The van der Waals surface area contributed by atoms with Crippen LogP contribution in [-0.4, -0.2) is 43.5 Å². The van der Waals surface area contributed by atoms with E-state index < -0.39 is 12.2 Å². The number of nitrogens with one attached hydrogen (secondary N) is 2. The smallest absolute Gasteiger partial charge is 0.330 e. The fourth-order valence-corrected chi connectivity index (χ4v) is 3.26. The molecule has 0 fully saturated rings. The number of methoxy groups -OCH3 is 1. The number of aliphatic hydroxyl groups excluding tert-OH is 1. The molecule has 0 aliphatic heterocycles. The van der Waals surface area contributed by atoms with Gasteiger partial charge in [0.15, 0.2) is 6.23 Å². The maximum atomic E-state index is 11.3. The van der Waals surface area contributed by atoms with E-state index in [1.807, 2.05) is 55.6 Å². The lowest BCUT2D eigenvalue weighted by Crippen LogP contribution is -2.23. The fourth-order valence-electron chi connectivity index (χ4n) is 3.26. The van der Waals surface area contributed by atoms with Gasteiger partial charge < -0.3 is 25.5 Å². The maximum Gasteiger partial charge on any atom is 0.330 e. The van der Waals surface area contributed by atoms with E-state index in [0.29, 0.717) is 11.3 Å². The molecule has 3 rings (SSSR count). The van der Waals surface area contributed by atoms with E-state index in [1.54, 1.807) is 30.4 Å².